The van der Waals surface area contributed by atoms with Crippen LogP contribution in [0.2, 0.25) is 0 Å². The van der Waals surface area contributed by atoms with Gasteiger partial charge in [-0.15, -0.1) is 0 Å². The van der Waals surface area contributed by atoms with Crippen LogP contribution in [0.1, 0.15) is 24.8 Å². The van der Waals surface area contributed by atoms with Crippen molar-refractivity contribution >= 4 is 12.6 Å². The first kappa shape index (κ1) is 13.6. The zero-order valence-electron chi connectivity index (χ0n) is 10.4. The average Bonchev–Trinajstić information content (AvgIpc) is 2.40. The first-order valence-corrected chi connectivity index (χ1v) is 6.44. The normalized spacial score (nSPS) is 19.8. The van der Waals surface area contributed by atoms with Gasteiger partial charge in [0.2, 0.25) is 0 Å². The summed E-state index contributed by atoms with van der Waals surface area (Å²) in [6.45, 7) is 1.43. The molecule has 2 rings (SSSR count). The molecule has 98 valence electrons. The molecular weight excluding hydrogens is 231 g/mol. The van der Waals surface area contributed by atoms with E-state index in [0.717, 1.165) is 31.4 Å². The number of hydrogen-bond acceptors (Lipinski definition) is 4. The molecular formula is C13H19BO4. The lowest BCUT2D eigenvalue weighted by Gasteiger charge is -2.22. The topological polar surface area (TPSA) is 58.9 Å². The first-order chi connectivity index (χ1) is 8.75. The van der Waals surface area contributed by atoms with Crippen molar-refractivity contribution in [3.63, 3.8) is 0 Å². The predicted octanol–water partition coefficient (Wildman–Crippen LogP) is 0.452. The Balaban J connectivity index is 1.72. The summed E-state index contributed by atoms with van der Waals surface area (Å²) < 4.78 is 11.1. The molecule has 18 heavy (non-hydrogen) atoms. The quantitative estimate of drug-likeness (QED) is 0.745. The summed E-state index contributed by atoms with van der Waals surface area (Å²) in [5.41, 5.74) is 1.63. The molecule has 0 spiro atoms. The second-order valence-electron chi connectivity index (χ2n) is 4.53. The Hall–Kier alpha value is -0.875. The molecule has 0 aromatic heterocycles. The number of ether oxygens (including phenoxy) is 2. The second-order valence-corrected chi connectivity index (χ2v) is 4.53. The summed E-state index contributed by atoms with van der Waals surface area (Å²) in [5.74, 6) is 0. The van der Waals surface area contributed by atoms with Crippen LogP contribution >= 0.6 is 0 Å². The Morgan fingerprint density at radius 2 is 2.00 bits per heavy atom. The maximum atomic E-state index is 8.98. The van der Waals surface area contributed by atoms with Gasteiger partial charge in [-0.1, -0.05) is 24.3 Å². The van der Waals surface area contributed by atoms with Crippen LogP contribution in [0, 0.1) is 0 Å². The minimum atomic E-state index is -1.40. The van der Waals surface area contributed by atoms with Gasteiger partial charge in [0.15, 0.2) is 6.29 Å². The summed E-state index contributed by atoms with van der Waals surface area (Å²) in [6.07, 6.45) is 4.05. The highest BCUT2D eigenvalue weighted by molar-refractivity contribution is 6.58. The van der Waals surface area contributed by atoms with Crippen LogP contribution in [-0.2, 0) is 15.9 Å². The summed E-state index contributed by atoms with van der Waals surface area (Å²) in [6, 6.07) is 7.22. The standard InChI is InChI=1S/C13H19BO4/c15-14(16)12-6-4-11(5-7-12)8-10-18-13-3-1-2-9-17-13/h4-7,13,15-16H,1-3,8-10H2/t13-/m1/s1. The molecule has 0 amide bonds. The monoisotopic (exact) mass is 250 g/mol. The van der Waals surface area contributed by atoms with E-state index in [2.05, 4.69) is 0 Å². The number of benzene rings is 1. The first-order valence-electron chi connectivity index (χ1n) is 6.44. The van der Waals surface area contributed by atoms with E-state index in [9.17, 15) is 0 Å². The van der Waals surface area contributed by atoms with E-state index in [4.69, 9.17) is 19.5 Å². The van der Waals surface area contributed by atoms with E-state index in [-0.39, 0.29) is 6.29 Å². The fourth-order valence-corrected chi connectivity index (χ4v) is 2.01. The van der Waals surface area contributed by atoms with Gasteiger partial charge < -0.3 is 19.5 Å². The molecule has 5 heteroatoms. The maximum Gasteiger partial charge on any atom is 0.488 e. The van der Waals surface area contributed by atoms with Crippen molar-refractivity contribution < 1.29 is 19.5 Å². The van der Waals surface area contributed by atoms with Crippen molar-refractivity contribution in [2.24, 2.45) is 0 Å². The molecule has 0 bridgehead atoms. The minimum Gasteiger partial charge on any atom is -0.423 e. The fraction of sp³-hybridized carbons (Fsp3) is 0.538. The molecule has 2 N–H and O–H groups in total. The van der Waals surface area contributed by atoms with E-state index in [1.54, 1.807) is 12.1 Å². The van der Waals surface area contributed by atoms with Gasteiger partial charge in [-0.3, -0.25) is 0 Å². The van der Waals surface area contributed by atoms with Gasteiger partial charge in [0, 0.05) is 6.61 Å². The predicted molar refractivity (Wildman–Crippen MR) is 69.5 cm³/mol. The van der Waals surface area contributed by atoms with Crippen LogP contribution in [0.4, 0.5) is 0 Å². The highest BCUT2D eigenvalue weighted by Gasteiger charge is 2.14. The second kappa shape index (κ2) is 6.90. The average molecular weight is 250 g/mol. The Kier molecular flexibility index (Phi) is 5.19. The smallest absolute Gasteiger partial charge is 0.423 e. The SMILES string of the molecule is OB(O)c1ccc(CCO[C@@H]2CCCCO2)cc1. The van der Waals surface area contributed by atoms with Gasteiger partial charge in [-0.25, -0.2) is 0 Å². The van der Waals surface area contributed by atoms with Crippen LogP contribution in [0.25, 0.3) is 0 Å². The Labute approximate surface area is 108 Å². The van der Waals surface area contributed by atoms with E-state index in [1.807, 2.05) is 12.1 Å². The van der Waals surface area contributed by atoms with Gasteiger partial charge in [-0.2, -0.15) is 0 Å². The zero-order chi connectivity index (χ0) is 12.8. The van der Waals surface area contributed by atoms with E-state index < -0.39 is 7.12 Å². The van der Waals surface area contributed by atoms with Crippen LogP contribution in [0.5, 0.6) is 0 Å². The molecule has 0 saturated carbocycles. The summed E-state index contributed by atoms with van der Waals surface area (Å²) in [4.78, 5) is 0. The highest BCUT2D eigenvalue weighted by Crippen LogP contribution is 2.13. The Morgan fingerprint density at radius 3 is 2.61 bits per heavy atom. The van der Waals surface area contributed by atoms with Crippen LogP contribution in [0.3, 0.4) is 0 Å². The van der Waals surface area contributed by atoms with E-state index in [1.165, 1.54) is 6.42 Å². The summed E-state index contributed by atoms with van der Waals surface area (Å²) in [7, 11) is -1.40. The van der Waals surface area contributed by atoms with E-state index >= 15 is 0 Å². The van der Waals surface area contributed by atoms with Gasteiger partial charge >= 0.3 is 7.12 Å². The minimum absolute atomic E-state index is 0.0442. The third-order valence-electron chi connectivity index (χ3n) is 3.11. The molecule has 1 atom stereocenters. The lowest BCUT2D eigenvalue weighted by molar-refractivity contribution is -0.161. The zero-order valence-corrected chi connectivity index (χ0v) is 10.4. The van der Waals surface area contributed by atoms with Crippen molar-refractivity contribution in [2.45, 2.75) is 32.0 Å². The van der Waals surface area contributed by atoms with Crippen LogP contribution in [-0.4, -0.2) is 36.7 Å². The summed E-state index contributed by atoms with van der Waals surface area (Å²) in [5, 5.41) is 18.0. The lowest BCUT2D eigenvalue weighted by Crippen LogP contribution is -2.29. The van der Waals surface area contributed by atoms with Gasteiger partial charge in [0.25, 0.3) is 0 Å². The van der Waals surface area contributed by atoms with Crippen molar-refractivity contribution in [1.29, 1.82) is 0 Å². The van der Waals surface area contributed by atoms with Crippen molar-refractivity contribution in [2.75, 3.05) is 13.2 Å². The highest BCUT2D eigenvalue weighted by atomic mass is 16.7. The molecule has 0 aliphatic carbocycles. The largest absolute Gasteiger partial charge is 0.488 e. The third-order valence-corrected chi connectivity index (χ3v) is 3.11. The molecule has 1 heterocycles. The van der Waals surface area contributed by atoms with Crippen molar-refractivity contribution in [1.82, 2.24) is 0 Å². The maximum absolute atomic E-state index is 8.98. The summed E-state index contributed by atoms with van der Waals surface area (Å²) >= 11 is 0. The molecule has 0 unspecified atom stereocenters. The van der Waals surface area contributed by atoms with Gasteiger partial charge in [-0.05, 0) is 36.7 Å². The third kappa shape index (κ3) is 4.10. The van der Waals surface area contributed by atoms with Crippen LogP contribution in [0.15, 0.2) is 24.3 Å². The van der Waals surface area contributed by atoms with Crippen molar-refractivity contribution in [3.8, 4) is 0 Å². The van der Waals surface area contributed by atoms with Gasteiger partial charge in [0.05, 0.1) is 6.61 Å². The molecule has 1 aromatic carbocycles. The molecule has 1 saturated heterocycles. The molecule has 1 aliphatic heterocycles. The Bertz CT molecular complexity index is 347. The fourth-order valence-electron chi connectivity index (χ4n) is 2.01. The van der Waals surface area contributed by atoms with Crippen LogP contribution < -0.4 is 5.46 Å². The van der Waals surface area contributed by atoms with Gasteiger partial charge in [0.1, 0.15) is 0 Å². The molecule has 1 fully saturated rings. The lowest BCUT2D eigenvalue weighted by atomic mass is 9.80. The molecule has 1 aromatic rings. The van der Waals surface area contributed by atoms with Crippen molar-refractivity contribution in [3.05, 3.63) is 29.8 Å². The number of hydrogen-bond donors (Lipinski definition) is 2. The molecule has 0 radical (unpaired) electrons. The number of rotatable bonds is 5. The molecule has 4 nitrogen and oxygen atoms in total. The van der Waals surface area contributed by atoms with E-state index in [0.29, 0.717) is 12.1 Å². The molecule has 1 aliphatic rings. The Morgan fingerprint density at radius 1 is 1.22 bits per heavy atom.